The summed E-state index contributed by atoms with van der Waals surface area (Å²) in [5.74, 6) is 0.494. The molecule has 6 nitrogen and oxygen atoms in total. The Hall–Kier alpha value is -3.67. The molecule has 1 aromatic heterocycles. The Labute approximate surface area is 169 Å². The third kappa shape index (κ3) is 6.46. The molecule has 0 aliphatic carbocycles. The highest BCUT2D eigenvalue weighted by Crippen LogP contribution is 2.15. The quantitative estimate of drug-likeness (QED) is 0.558. The Bertz CT molecular complexity index is 939. The van der Waals surface area contributed by atoms with E-state index >= 15 is 0 Å². The van der Waals surface area contributed by atoms with Crippen LogP contribution in [-0.2, 0) is 4.79 Å². The van der Waals surface area contributed by atoms with Crippen LogP contribution < -0.4 is 15.4 Å². The summed E-state index contributed by atoms with van der Waals surface area (Å²) >= 11 is 0. The molecule has 0 spiro atoms. The van der Waals surface area contributed by atoms with Gasteiger partial charge in [-0.25, -0.2) is 0 Å². The number of ether oxygens (including phenoxy) is 1. The summed E-state index contributed by atoms with van der Waals surface area (Å²) in [7, 11) is 0. The lowest BCUT2D eigenvalue weighted by atomic mass is 10.2. The van der Waals surface area contributed by atoms with Gasteiger partial charge in [-0.2, -0.15) is 0 Å². The highest BCUT2D eigenvalue weighted by molar-refractivity contribution is 6.04. The number of aryl methyl sites for hydroxylation is 1. The molecule has 29 heavy (non-hydrogen) atoms. The van der Waals surface area contributed by atoms with Crippen LogP contribution in [0.4, 0.5) is 11.4 Å². The van der Waals surface area contributed by atoms with Crippen molar-refractivity contribution in [3.05, 3.63) is 84.2 Å². The van der Waals surface area contributed by atoms with E-state index in [4.69, 9.17) is 4.74 Å². The van der Waals surface area contributed by atoms with E-state index in [-0.39, 0.29) is 11.8 Å². The van der Waals surface area contributed by atoms with Gasteiger partial charge >= 0.3 is 0 Å². The number of carbonyl (C=O) groups excluding carboxylic acids is 2. The van der Waals surface area contributed by atoms with E-state index in [0.717, 1.165) is 5.75 Å². The first kappa shape index (κ1) is 20.1. The Morgan fingerprint density at radius 2 is 1.62 bits per heavy atom. The topological polar surface area (TPSA) is 80.3 Å². The monoisotopic (exact) mass is 389 g/mol. The van der Waals surface area contributed by atoms with Crippen LogP contribution in [0.5, 0.6) is 5.75 Å². The van der Waals surface area contributed by atoms with Gasteiger partial charge in [0.25, 0.3) is 5.91 Å². The molecule has 2 aromatic carbocycles. The highest BCUT2D eigenvalue weighted by atomic mass is 16.5. The molecule has 0 saturated carbocycles. The molecule has 0 atom stereocenters. The van der Waals surface area contributed by atoms with E-state index < -0.39 is 0 Å². The van der Waals surface area contributed by atoms with E-state index in [1.165, 1.54) is 11.8 Å². The van der Waals surface area contributed by atoms with Crippen molar-refractivity contribution in [2.45, 2.75) is 19.8 Å². The number of carbonyl (C=O) groups is 2. The van der Waals surface area contributed by atoms with Crippen LogP contribution in [0.15, 0.2) is 73.1 Å². The summed E-state index contributed by atoms with van der Waals surface area (Å²) in [6.45, 7) is 2.51. The molecule has 0 radical (unpaired) electrons. The van der Waals surface area contributed by atoms with Crippen molar-refractivity contribution in [3.63, 3.8) is 0 Å². The van der Waals surface area contributed by atoms with Crippen LogP contribution in [0.3, 0.4) is 0 Å². The second-order valence-electron chi connectivity index (χ2n) is 6.59. The number of rotatable bonds is 8. The summed E-state index contributed by atoms with van der Waals surface area (Å²) in [6, 6.07) is 18.2. The Kier molecular flexibility index (Phi) is 6.95. The third-order valence-corrected chi connectivity index (χ3v) is 4.19. The summed E-state index contributed by atoms with van der Waals surface area (Å²) < 4.78 is 5.63. The van der Waals surface area contributed by atoms with Gasteiger partial charge in [0.15, 0.2) is 0 Å². The van der Waals surface area contributed by atoms with Gasteiger partial charge in [0.2, 0.25) is 5.91 Å². The molecule has 0 bridgehead atoms. The number of hydrogen-bond donors (Lipinski definition) is 2. The van der Waals surface area contributed by atoms with Crippen molar-refractivity contribution in [3.8, 4) is 5.75 Å². The Morgan fingerprint density at radius 3 is 2.28 bits per heavy atom. The number of pyridine rings is 1. The van der Waals surface area contributed by atoms with Gasteiger partial charge in [0, 0.05) is 30.2 Å². The highest BCUT2D eigenvalue weighted by Gasteiger charge is 2.07. The molecule has 0 unspecified atom stereocenters. The van der Waals surface area contributed by atoms with Gasteiger partial charge in [-0.05, 0) is 61.9 Å². The Balaban J connectivity index is 1.40. The molecule has 6 heteroatoms. The van der Waals surface area contributed by atoms with Crippen molar-refractivity contribution < 1.29 is 14.3 Å². The maximum atomic E-state index is 12.1. The fraction of sp³-hybridized carbons (Fsp3) is 0.174. The maximum Gasteiger partial charge on any atom is 0.257 e. The summed E-state index contributed by atoms with van der Waals surface area (Å²) in [5.41, 5.74) is 2.98. The smallest absolute Gasteiger partial charge is 0.257 e. The first-order chi connectivity index (χ1) is 14.1. The van der Waals surface area contributed by atoms with Crippen molar-refractivity contribution in [1.82, 2.24) is 4.98 Å². The zero-order valence-electron chi connectivity index (χ0n) is 16.2. The third-order valence-electron chi connectivity index (χ3n) is 4.19. The molecule has 0 aliphatic rings. The minimum atomic E-state index is -0.233. The average Bonchev–Trinajstić information content (AvgIpc) is 2.74. The van der Waals surface area contributed by atoms with Gasteiger partial charge < -0.3 is 15.4 Å². The summed E-state index contributed by atoms with van der Waals surface area (Å²) in [6.07, 6.45) is 4.11. The zero-order chi connectivity index (χ0) is 20.5. The van der Waals surface area contributed by atoms with Gasteiger partial charge in [-0.3, -0.25) is 14.6 Å². The summed E-state index contributed by atoms with van der Waals surface area (Å²) in [5, 5.41) is 5.63. The number of anilines is 2. The minimum Gasteiger partial charge on any atom is -0.494 e. The number of hydrogen-bond acceptors (Lipinski definition) is 4. The van der Waals surface area contributed by atoms with Crippen LogP contribution in [0.25, 0.3) is 0 Å². The molecule has 148 valence electrons. The number of nitrogens with one attached hydrogen (secondary N) is 2. The molecule has 3 rings (SSSR count). The molecule has 2 N–H and O–H groups in total. The van der Waals surface area contributed by atoms with Crippen molar-refractivity contribution in [2.75, 3.05) is 17.2 Å². The van der Waals surface area contributed by atoms with Crippen molar-refractivity contribution in [2.24, 2.45) is 0 Å². The fourth-order valence-electron chi connectivity index (χ4n) is 2.62. The average molecular weight is 389 g/mol. The van der Waals surface area contributed by atoms with Crippen LogP contribution in [-0.4, -0.2) is 23.4 Å². The minimum absolute atomic E-state index is 0.0790. The molecular weight excluding hydrogens is 366 g/mol. The number of nitrogens with zero attached hydrogens (tertiary/aromatic N) is 1. The van der Waals surface area contributed by atoms with Gasteiger partial charge in [-0.1, -0.05) is 17.7 Å². The van der Waals surface area contributed by atoms with Gasteiger partial charge in [0.05, 0.1) is 12.2 Å². The number of benzene rings is 2. The number of aromatic nitrogens is 1. The molecule has 0 fully saturated rings. The largest absolute Gasteiger partial charge is 0.494 e. The van der Waals surface area contributed by atoms with Gasteiger partial charge in [-0.15, -0.1) is 0 Å². The van der Waals surface area contributed by atoms with Crippen LogP contribution >= 0.6 is 0 Å². The van der Waals surface area contributed by atoms with Gasteiger partial charge in [0.1, 0.15) is 5.75 Å². The van der Waals surface area contributed by atoms with E-state index in [1.54, 1.807) is 42.6 Å². The zero-order valence-corrected chi connectivity index (χ0v) is 16.2. The molecule has 2 amide bonds. The van der Waals surface area contributed by atoms with Crippen LogP contribution in [0.1, 0.15) is 28.8 Å². The first-order valence-electron chi connectivity index (χ1n) is 9.41. The van der Waals surface area contributed by atoms with E-state index in [0.29, 0.717) is 36.4 Å². The Morgan fingerprint density at radius 1 is 0.931 bits per heavy atom. The second-order valence-corrected chi connectivity index (χ2v) is 6.59. The molecule has 0 aliphatic heterocycles. The SMILES string of the molecule is Cc1ccc(OCCCC(=O)Nc2ccc(NC(=O)c3cccnc3)cc2)cc1. The molecule has 3 aromatic rings. The molecular formula is C23H23N3O3. The first-order valence-corrected chi connectivity index (χ1v) is 9.41. The lowest BCUT2D eigenvalue weighted by Gasteiger charge is -2.09. The molecule has 0 saturated heterocycles. The van der Waals surface area contributed by atoms with Crippen LogP contribution in [0.2, 0.25) is 0 Å². The molecule has 1 heterocycles. The summed E-state index contributed by atoms with van der Waals surface area (Å²) in [4.78, 5) is 28.1. The normalized spacial score (nSPS) is 10.2. The fourth-order valence-corrected chi connectivity index (χ4v) is 2.62. The standard InChI is InChI=1S/C23H23N3O3/c1-17-6-12-21(13-7-17)29-15-3-5-22(27)25-19-8-10-20(11-9-19)26-23(28)18-4-2-14-24-16-18/h2,4,6-14,16H,3,5,15H2,1H3,(H,25,27)(H,26,28). The van der Waals surface area contributed by atoms with Crippen molar-refractivity contribution >= 4 is 23.2 Å². The van der Waals surface area contributed by atoms with E-state index in [2.05, 4.69) is 15.6 Å². The van der Waals surface area contributed by atoms with Crippen LogP contribution in [0, 0.1) is 6.92 Å². The van der Waals surface area contributed by atoms with E-state index in [9.17, 15) is 9.59 Å². The number of amides is 2. The lowest BCUT2D eigenvalue weighted by Crippen LogP contribution is -2.13. The van der Waals surface area contributed by atoms with Crippen molar-refractivity contribution in [1.29, 1.82) is 0 Å². The lowest BCUT2D eigenvalue weighted by molar-refractivity contribution is -0.116. The predicted molar refractivity (Wildman–Crippen MR) is 113 cm³/mol. The maximum absolute atomic E-state index is 12.1. The second kappa shape index (κ2) is 10.0. The predicted octanol–water partition coefficient (Wildman–Crippen LogP) is 4.44. The van der Waals surface area contributed by atoms with E-state index in [1.807, 2.05) is 31.2 Å².